The van der Waals surface area contributed by atoms with Crippen molar-refractivity contribution in [3.8, 4) is 17.2 Å². The molecule has 0 radical (unpaired) electrons. The molecule has 2 rings (SSSR count). The Kier molecular flexibility index (Phi) is 8.41. The zero-order valence-corrected chi connectivity index (χ0v) is 17.5. The van der Waals surface area contributed by atoms with Gasteiger partial charge in [-0.3, -0.25) is 0 Å². The van der Waals surface area contributed by atoms with E-state index in [1.54, 1.807) is 36.4 Å². The van der Waals surface area contributed by atoms with Gasteiger partial charge < -0.3 is 19.4 Å². The number of carboxylic acid groups (broad SMARTS) is 1. The van der Waals surface area contributed by atoms with Crippen LogP contribution < -0.4 is 66.0 Å². The molecule has 0 amide bonds. The fourth-order valence-electron chi connectivity index (χ4n) is 1.52. The van der Waals surface area contributed by atoms with E-state index in [9.17, 15) is 9.90 Å². The molecule has 0 N–H and O–H groups in total. The summed E-state index contributed by atoms with van der Waals surface area (Å²) in [5.41, 5.74) is 0. The number of carbonyl (C=O) groups is 1. The van der Waals surface area contributed by atoms with Crippen molar-refractivity contribution in [2.24, 2.45) is 0 Å². The first-order valence-corrected chi connectivity index (χ1v) is 7.23. The monoisotopic (exact) mass is 408 g/mol. The van der Waals surface area contributed by atoms with E-state index >= 15 is 0 Å². The number of ether oxygens (including phenoxy) is 2. The SMILES string of the molecule is CC(Oc1ccc(Oc2ccc(Br)cc2Cl)cc1)C(=O)[O-].[K+]. The Bertz CT molecular complexity index is 648. The van der Waals surface area contributed by atoms with Gasteiger partial charge in [0.05, 0.1) is 11.0 Å². The molecular formula is C15H11BrClKO4. The third-order valence-corrected chi connectivity index (χ3v) is 3.38. The molecule has 0 fully saturated rings. The van der Waals surface area contributed by atoms with Gasteiger partial charge in [0.25, 0.3) is 0 Å². The quantitative estimate of drug-likeness (QED) is 0.672. The van der Waals surface area contributed by atoms with Gasteiger partial charge in [0.15, 0.2) is 0 Å². The van der Waals surface area contributed by atoms with Gasteiger partial charge in [-0.15, -0.1) is 0 Å². The first-order chi connectivity index (χ1) is 9.95. The second kappa shape index (κ2) is 9.27. The van der Waals surface area contributed by atoms with Gasteiger partial charge in [-0.05, 0) is 49.4 Å². The van der Waals surface area contributed by atoms with Crippen LogP contribution in [0.4, 0.5) is 0 Å². The van der Waals surface area contributed by atoms with E-state index in [1.807, 2.05) is 6.07 Å². The third kappa shape index (κ3) is 5.85. The Hall–Kier alpha value is -0.0836. The molecule has 7 heteroatoms. The van der Waals surface area contributed by atoms with Crippen molar-refractivity contribution in [1.82, 2.24) is 0 Å². The van der Waals surface area contributed by atoms with Crippen LogP contribution in [0.1, 0.15) is 6.92 Å². The van der Waals surface area contributed by atoms with Crippen molar-refractivity contribution in [1.29, 1.82) is 0 Å². The van der Waals surface area contributed by atoms with Crippen LogP contribution in [-0.4, -0.2) is 12.1 Å². The minimum atomic E-state index is -1.27. The molecule has 0 saturated heterocycles. The second-order valence-corrected chi connectivity index (χ2v) is 5.55. The van der Waals surface area contributed by atoms with Crippen molar-refractivity contribution in [2.75, 3.05) is 0 Å². The normalized spacial score (nSPS) is 11.2. The standard InChI is InChI=1S/C15H12BrClO4.K/c1-9(15(18)19)20-11-3-5-12(6-4-11)21-14-7-2-10(16)8-13(14)17;/h2-9H,1H3,(H,18,19);/q;+1/p-1. The fourth-order valence-corrected chi connectivity index (χ4v) is 2.24. The predicted molar refractivity (Wildman–Crippen MR) is 80.8 cm³/mol. The van der Waals surface area contributed by atoms with Crippen LogP contribution in [0.5, 0.6) is 17.2 Å². The Balaban J connectivity index is 0.00000242. The van der Waals surface area contributed by atoms with Gasteiger partial charge >= 0.3 is 51.4 Å². The predicted octanol–water partition coefficient (Wildman–Crippen LogP) is 0.416. The minimum absolute atomic E-state index is 0. The van der Waals surface area contributed by atoms with Gasteiger partial charge in [0.2, 0.25) is 0 Å². The van der Waals surface area contributed by atoms with E-state index in [1.165, 1.54) is 6.92 Å². The number of carboxylic acids is 1. The van der Waals surface area contributed by atoms with Crippen LogP contribution in [0.15, 0.2) is 46.9 Å². The average Bonchev–Trinajstić information content (AvgIpc) is 2.43. The Morgan fingerprint density at radius 2 is 1.77 bits per heavy atom. The van der Waals surface area contributed by atoms with E-state index in [2.05, 4.69) is 15.9 Å². The van der Waals surface area contributed by atoms with Gasteiger partial charge in [-0.1, -0.05) is 27.5 Å². The zero-order valence-electron chi connectivity index (χ0n) is 12.0. The zero-order chi connectivity index (χ0) is 15.4. The molecular weight excluding hydrogens is 399 g/mol. The van der Waals surface area contributed by atoms with E-state index < -0.39 is 12.1 Å². The molecule has 110 valence electrons. The van der Waals surface area contributed by atoms with Gasteiger partial charge in [0.1, 0.15) is 23.4 Å². The molecule has 1 unspecified atom stereocenters. The molecule has 0 bridgehead atoms. The van der Waals surface area contributed by atoms with Crippen molar-refractivity contribution >= 4 is 33.5 Å². The van der Waals surface area contributed by atoms with Crippen LogP contribution >= 0.6 is 27.5 Å². The largest absolute Gasteiger partial charge is 1.00 e. The maximum Gasteiger partial charge on any atom is 1.00 e. The Labute approximate surface area is 184 Å². The topological polar surface area (TPSA) is 58.6 Å². The van der Waals surface area contributed by atoms with Crippen LogP contribution in [0.25, 0.3) is 0 Å². The molecule has 0 aliphatic rings. The summed E-state index contributed by atoms with van der Waals surface area (Å²) in [5, 5.41) is 11.1. The molecule has 2 aromatic rings. The molecule has 1 atom stereocenters. The number of benzene rings is 2. The van der Waals surface area contributed by atoms with E-state index in [-0.39, 0.29) is 51.4 Å². The van der Waals surface area contributed by atoms with Crippen LogP contribution in [0.3, 0.4) is 0 Å². The van der Waals surface area contributed by atoms with Crippen molar-refractivity contribution in [3.63, 3.8) is 0 Å². The summed E-state index contributed by atoms with van der Waals surface area (Å²) in [6.07, 6.45) is -1.02. The van der Waals surface area contributed by atoms with Crippen LogP contribution in [0.2, 0.25) is 5.02 Å². The van der Waals surface area contributed by atoms with E-state index in [4.69, 9.17) is 21.1 Å². The average molecular weight is 410 g/mol. The molecule has 0 aliphatic carbocycles. The molecule has 0 aromatic heterocycles. The van der Waals surface area contributed by atoms with Crippen molar-refractivity contribution < 1.29 is 70.8 Å². The molecule has 4 nitrogen and oxygen atoms in total. The Morgan fingerprint density at radius 1 is 1.18 bits per heavy atom. The molecule has 2 aromatic carbocycles. The smallest absolute Gasteiger partial charge is 0.546 e. The summed E-state index contributed by atoms with van der Waals surface area (Å²) in [6, 6.07) is 11.8. The molecule has 0 aliphatic heterocycles. The number of hydrogen-bond acceptors (Lipinski definition) is 4. The van der Waals surface area contributed by atoms with Crippen molar-refractivity contribution in [2.45, 2.75) is 13.0 Å². The molecule has 0 saturated carbocycles. The van der Waals surface area contributed by atoms with Gasteiger partial charge in [0, 0.05) is 4.47 Å². The first kappa shape index (κ1) is 20.0. The summed E-state index contributed by atoms with van der Waals surface area (Å²) in [7, 11) is 0. The molecule has 0 heterocycles. The summed E-state index contributed by atoms with van der Waals surface area (Å²) in [6.45, 7) is 1.40. The van der Waals surface area contributed by atoms with E-state index in [0.717, 1.165) is 4.47 Å². The third-order valence-electron chi connectivity index (χ3n) is 2.59. The van der Waals surface area contributed by atoms with Gasteiger partial charge in [-0.25, -0.2) is 0 Å². The number of hydrogen-bond donors (Lipinski definition) is 0. The Morgan fingerprint density at radius 3 is 2.32 bits per heavy atom. The second-order valence-electron chi connectivity index (χ2n) is 4.23. The van der Waals surface area contributed by atoms with Crippen molar-refractivity contribution in [3.05, 3.63) is 52.0 Å². The maximum absolute atomic E-state index is 10.6. The summed E-state index contributed by atoms with van der Waals surface area (Å²) < 4.78 is 11.7. The number of aliphatic carboxylic acids is 1. The summed E-state index contributed by atoms with van der Waals surface area (Å²) in [5.74, 6) is 0.238. The van der Waals surface area contributed by atoms with Crippen LogP contribution in [-0.2, 0) is 4.79 Å². The summed E-state index contributed by atoms with van der Waals surface area (Å²) >= 11 is 9.38. The number of halogens is 2. The summed E-state index contributed by atoms with van der Waals surface area (Å²) in [4.78, 5) is 10.6. The number of rotatable bonds is 5. The molecule has 22 heavy (non-hydrogen) atoms. The minimum Gasteiger partial charge on any atom is -0.546 e. The fraction of sp³-hybridized carbons (Fsp3) is 0.133. The van der Waals surface area contributed by atoms with E-state index in [0.29, 0.717) is 22.3 Å². The first-order valence-electron chi connectivity index (χ1n) is 6.06. The number of carbonyl (C=O) groups excluding carboxylic acids is 1. The van der Waals surface area contributed by atoms with Crippen LogP contribution in [0, 0.1) is 0 Å². The molecule has 0 spiro atoms. The van der Waals surface area contributed by atoms with Gasteiger partial charge in [-0.2, -0.15) is 0 Å². The maximum atomic E-state index is 10.6.